The van der Waals surface area contributed by atoms with Crippen molar-refractivity contribution in [3.05, 3.63) is 22.8 Å². The summed E-state index contributed by atoms with van der Waals surface area (Å²) in [6.45, 7) is 6.12. The topological polar surface area (TPSA) is 32.7 Å². The molecule has 1 N–H and O–H groups in total. The van der Waals surface area contributed by atoms with E-state index in [1.807, 2.05) is 38.8 Å². The molecular weight excluding hydrogens is 190 g/mol. The lowest BCUT2D eigenvalue weighted by Crippen LogP contribution is -2.20. The number of anilines is 1. The fourth-order valence-electron chi connectivity index (χ4n) is 1.90. The van der Waals surface area contributed by atoms with Gasteiger partial charge >= 0.3 is 0 Å². The largest absolute Gasteiger partial charge is 0.496 e. The summed E-state index contributed by atoms with van der Waals surface area (Å²) in [5.41, 5.74) is 4.48. The van der Waals surface area contributed by atoms with Gasteiger partial charge in [0.25, 0.3) is 0 Å². The van der Waals surface area contributed by atoms with Gasteiger partial charge in [0, 0.05) is 12.7 Å². The summed E-state index contributed by atoms with van der Waals surface area (Å²) < 4.78 is 5.29. The van der Waals surface area contributed by atoms with Crippen molar-refractivity contribution in [1.82, 2.24) is 0 Å². The quantitative estimate of drug-likeness (QED) is 0.773. The Labute approximate surface area is 91.3 Å². The van der Waals surface area contributed by atoms with Crippen LogP contribution in [0.15, 0.2) is 6.07 Å². The Kier molecular flexibility index (Phi) is 3.58. The Morgan fingerprint density at radius 1 is 1.27 bits per heavy atom. The van der Waals surface area contributed by atoms with Crippen molar-refractivity contribution in [2.75, 3.05) is 25.8 Å². The van der Waals surface area contributed by atoms with Gasteiger partial charge in [0.2, 0.25) is 0 Å². The summed E-state index contributed by atoms with van der Waals surface area (Å²) in [7, 11) is 3.55. The summed E-state index contributed by atoms with van der Waals surface area (Å²) in [6.07, 6.45) is 0. The van der Waals surface area contributed by atoms with Crippen LogP contribution in [-0.4, -0.2) is 26.0 Å². The third-order valence-electron chi connectivity index (χ3n) is 2.82. The number of aliphatic hydroxyl groups excluding tert-OH is 1. The molecule has 3 nitrogen and oxygen atoms in total. The average molecular weight is 209 g/mol. The maximum absolute atomic E-state index is 9.15. The van der Waals surface area contributed by atoms with E-state index < -0.39 is 0 Å². The third kappa shape index (κ3) is 2.07. The van der Waals surface area contributed by atoms with E-state index >= 15 is 0 Å². The molecule has 1 rings (SSSR count). The van der Waals surface area contributed by atoms with Gasteiger partial charge in [-0.25, -0.2) is 0 Å². The molecule has 15 heavy (non-hydrogen) atoms. The maximum Gasteiger partial charge on any atom is 0.122 e. The molecule has 3 heteroatoms. The van der Waals surface area contributed by atoms with Gasteiger partial charge in [-0.2, -0.15) is 0 Å². The Morgan fingerprint density at radius 3 is 2.33 bits per heavy atom. The molecule has 0 fully saturated rings. The van der Waals surface area contributed by atoms with Gasteiger partial charge in [-0.3, -0.25) is 0 Å². The second-order valence-corrected chi connectivity index (χ2v) is 3.83. The van der Waals surface area contributed by atoms with Gasteiger partial charge in [0.05, 0.1) is 7.11 Å². The molecule has 0 aliphatic carbocycles. The normalized spacial score (nSPS) is 10.3. The van der Waals surface area contributed by atoms with Crippen LogP contribution in [0.5, 0.6) is 5.75 Å². The number of hydrogen-bond donors (Lipinski definition) is 1. The second kappa shape index (κ2) is 4.53. The highest BCUT2D eigenvalue weighted by Crippen LogP contribution is 2.32. The molecule has 0 aromatic heterocycles. The van der Waals surface area contributed by atoms with Crippen LogP contribution in [0.1, 0.15) is 16.7 Å². The first-order chi connectivity index (χ1) is 7.02. The average Bonchev–Trinajstić information content (AvgIpc) is 2.23. The molecule has 84 valence electrons. The van der Waals surface area contributed by atoms with Crippen molar-refractivity contribution < 1.29 is 9.84 Å². The second-order valence-electron chi connectivity index (χ2n) is 3.83. The number of hydrogen-bond acceptors (Lipinski definition) is 3. The Morgan fingerprint density at radius 2 is 1.87 bits per heavy atom. The minimum Gasteiger partial charge on any atom is -0.496 e. The van der Waals surface area contributed by atoms with E-state index in [2.05, 4.69) is 0 Å². The summed E-state index contributed by atoms with van der Waals surface area (Å²) in [5, 5.41) is 9.15. The van der Waals surface area contributed by atoms with Crippen LogP contribution in [0.3, 0.4) is 0 Å². The maximum atomic E-state index is 9.15. The van der Waals surface area contributed by atoms with E-state index in [0.717, 1.165) is 28.1 Å². The van der Waals surface area contributed by atoms with Gasteiger partial charge in [0.15, 0.2) is 0 Å². The summed E-state index contributed by atoms with van der Waals surface area (Å²) >= 11 is 0. The van der Waals surface area contributed by atoms with Crippen LogP contribution in [0.25, 0.3) is 0 Å². The monoisotopic (exact) mass is 209 g/mol. The van der Waals surface area contributed by atoms with Crippen molar-refractivity contribution in [1.29, 1.82) is 0 Å². The zero-order valence-electron chi connectivity index (χ0n) is 10.1. The molecule has 0 radical (unpaired) electrons. The van der Waals surface area contributed by atoms with Crippen LogP contribution in [0.4, 0.5) is 5.69 Å². The van der Waals surface area contributed by atoms with Crippen molar-refractivity contribution >= 4 is 5.69 Å². The van der Waals surface area contributed by atoms with Crippen LogP contribution in [0, 0.1) is 20.8 Å². The number of aryl methyl sites for hydroxylation is 1. The first-order valence-corrected chi connectivity index (χ1v) is 4.99. The lowest BCUT2D eigenvalue weighted by atomic mass is 10.0. The Hall–Kier alpha value is -1.22. The van der Waals surface area contributed by atoms with E-state index in [9.17, 15) is 0 Å². The molecule has 0 amide bonds. The zero-order chi connectivity index (χ0) is 11.6. The van der Waals surface area contributed by atoms with E-state index in [1.165, 1.54) is 0 Å². The van der Waals surface area contributed by atoms with Gasteiger partial charge < -0.3 is 14.7 Å². The van der Waals surface area contributed by atoms with Crippen LogP contribution in [0.2, 0.25) is 0 Å². The standard InChI is InChI=1S/C12H19NO2/c1-8-6-11(15-5)9(2)10(3)12(8)13(4)7-14/h6,14H,7H2,1-5H3. The van der Waals surface area contributed by atoms with E-state index in [0.29, 0.717) is 0 Å². The first kappa shape index (κ1) is 11.9. The SMILES string of the molecule is COc1cc(C)c(N(C)CO)c(C)c1C. The number of rotatable bonds is 3. The fourth-order valence-corrected chi connectivity index (χ4v) is 1.90. The third-order valence-corrected chi connectivity index (χ3v) is 2.82. The molecule has 1 aromatic rings. The predicted molar refractivity (Wildman–Crippen MR) is 62.7 cm³/mol. The first-order valence-electron chi connectivity index (χ1n) is 4.99. The highest BCUT2D eigenvalue weighted by atomic mass is 16.5. The number of methoxy groups -OCH3 is 1. The van der Waals surface area contributed by atoms with Crippen molar-refractivity contribution in [2.45, 2.75) is 20.8 Å². The van der Waals surface area contributed by atoms with E-state index in [4.69, 9.17) is 9.84 Å². The number of benzene rings is 1. The highest BCUT2D eigenvalue weighted by Gasteiger charge is 2.13. The molecule has 0 aliphatic heterocycles. The van der Waals surface area contributed by atoms with Crippen molar-refractivity contribution in [2.24, 2.45) is 0 Å². The molecule has 0 aliphatic rings. The molecular formula is C12H19NO2. The lowest BCUT2D eigenvalue weighted by Gasteiger charge is -2.23. The minimum absolute atomic E-state index is 0.0213. The molecule has 0 unspecified atom stereocenters. The molecule has 0 spiro atoms. The zero-order valence-corrected chi connectivity index (χ0v) is 10.1. The highest BCUT2D eigenvalue weighted by molar-refractivity contribution is 5.64. The van der Waals surface area contributed by atoms with Gasteiger partial charge in [-0.15, -0.1) is 0 Å². The van der Waals surface area contributed by atoms with Gasteiger partial charge in [-0.1, -0.05) is 0 Å². The minimum atomic E-state index is 0.0213. The predicted octanol–water partition coefficient (Wildman–Crippen LogP) is 2.01. The summed E-state index contributed by atoms with van der Waals surface area (Å²) in [6, 6.07) is 2.00. The Balaban J connectivity index is 3.35. The summed E-state index contributed by atoms with van der Waals surface area (Å²) in [4.78, 5) is 1.83. The fraction of sp³-hybridized carbons (Fsp3) is 0.500. The van der Waals surface area contributed by atoms with Gasteiger partial charge in [-0.05, 0) is 43.5 Å². The summed E-state index contributed by atoms with van der Waals surface area (Å²) in [5.74, 6) is 0.903. The van der Waals surface area contributed by atoms with E-state index in [1.54, 1.807) is 7.11 Å². The van der Waals surface area contributed by atoms with Crippen LogP contribution < -0.4 is 9.64 Å². The molecule has 0 heterocycles. The van der Waals surface area contributed by atoms with Crippen molar-refractivity contribution in [3.8, 4) is 5.75 Å². The number of nitrogens with zero attached hydrogens (tertiary/aromatic N) is 1. The lowest BCUT2D eigenvalue weighted by molar-refractivity contribution is 0.298. The Bertz CT molecular complexity index is 361. The van der Waals surface area contributed by atoms with Crippen LogP contribution in [-0.2, 0) is 0 Å². The van der Waals surface area contributed by atoms with E-state index in [-0.39, 0.29) is 6.73 Å². The molecule has 0 atom stereocenters. The van der Waals surface area contributed by atoms with Gasteiger partial charge in [0.1, 0.15) is 12.5 Å². The molecule has 0 saturated heterocycles. The van der Waals surface area contributed by atoms with Crippen molar-refractivity contribution in [3.63, 3.8) is 0 Å². The number of aliphatic hydroxyl groups is 1. The number of ether oxygens (including phenoxy) is 1. The smallest absolute Gasteiger partial charge is 0.122 e. The molecule has 0 saturated carbocycles. The van der Waals surface area contributed by atoms with Crippen LogP contribution >= 0.6 is 0 Å². The molecule has 1 aromatic carbocycles. The molecule has 0 bridgehead atoms.